The maximum absolute atomic E-state index is 11.0. The van der Waals surface area contributed by atoms with Gasteiger partial charge in [0.2, 0.25) is 0 Å². The van der Waals surface area contributed by atoms with E-state index < -0.39 is 6.03 Å². The zero-order valence-electron chi connectivity index (χ0n) is 13.6. The van der Waals surface area contributed by atoms with Gasteiger partial charge < -0.3 is 15.2 Å². The summed E-state index contributed by atoms with van der Waals surface area (Å²) in [6.45, 7) is 1.95. The van der Waals surface area contributed by atoms with E-state index in [-0.39, 0.29) is 5.49 Å². The van der Waals surface area contributed by atoms with Gasteiger partial charge in [0.05, 0.1) is 13.2 Å². The molecule has 1 aromatic carbocycles. The minimum atomic E-state index is -0.679. The molecule has 0 bridgehead atoms. The lowest BCUT2D eigenvalue weighted by atomic mass is 10.2. The Kier molecular flexibility index (Phi) is 7.04. The third-order valence-electron chi connectivity index (χ3n) is 3.48. The third kappa shape index (κ3) is 5.89. The molecule has 0 fully saturated rings. The number of rotatable bonds is 9. The Morgan fingerprint density at radius 3 is 2.54 bits per heavy atom. The molecule has 2 aromatic rings. The fourth-order valence-electron chi connectivity index (χ4n) is 2.20. The third-order valence-corrected chi connectivity index (χ3v) is 3.48. The quantitative estimate of drug-likeness (QED) is 0.693. The van der Waals surface area contributed by atoms with Crippen molar-refractivity contribution in [3.8, 4) is 5.75 Å². The number of hydrogen-bond donors (Lipinski definition) is 2. The van der Waals surface area contributed by atoms with Crippen molar-refractivity contribution in [2.75, 3.05) is 13.2 Å². The average Bonchev–Trinajstić information content (AvgIpc) is 2.58. The highest BCUT2D eigenvalue weighted by atomic mass is 16.5. The van der Waals surface area contributed by atoms with Crippen molar-refractivity contribution in [3.05, 3.63) is 59.7 Å². The van der Waals surface area contributed by atoms with Crippen LogP contribution in [-0.2, 0) is 11.3 Å². The predicted molar refractivity (Wildman–Crippen MR) is 90.7 cm³/mol. The number of amides is 1. The second-order valence-corrected chi connectivity index (χ2v) is 5.40. The van der Waals surface area contributed by atoms with Crippen molar-refractivity contribution >= 4 is 6.03 Å². The first-order valence-corrected chi connectivity index (χ1v) is 7.98. The molecule has 0 aliphatic carbocycles. The van der Waals surface area contributed by atoms with Crippen LogP contribution in [-0.4, -0.2) is 23.8 Å². The van der Waals surface area contributed by atoms with Gasteiger partial charge in [0.1, 0.15) is 11.2 Å². The lowest BCUT2D eigenvalue weighted by molar-refractivity contribution is 0.116. The van der Waals surface area contributed by atoms with E-state index in [1.54, 1.807) is 6.07 Å². The molecule has 6 heteroatoms. The highest BCUT2D eigenvalue weighted by Gasteiger charge is 2.01. The summed E-state index contributed by atoms with van der Waals surface area (Å²) >= 11 is 0. The summed E-state index contributed by atoms with van der Waals surface area (Å²) in [6.07, 6.45) is 4.34. The zero-order valence-corrected chi connectivity index (χ0v) is 13.6. The van der Waals surface area contributed by atoms with Crippen LogP contribution >= 0.6 is 0 Å². The number of ether oxygens (including phenoxy) is 2. The number of pyridine rings is 1. The second kappa shape index (κ2) is 9.52. The Bertz CT molecular complexity index is 698. The summed E-state index contributed by atoms with van der Waals surface area (Å²) in [4.78, 5) is 11.0. The van der Waals surface area contributed by atoms with Gasteiger partial charge in [0.15, 0.2) is 0 Å². The van der Waals surface area contributed by atoms with E-state index in [0.717, 1.165) is 30.4 Å². The van der Waals surface area contributed by atoms with Crippen LogP contribution in [0.15, 0.2) is 48.7 Å². The molecule has 2 rings (SSSR count). The molecular weight excluding hydrogens is 306 g/mol. The highest BCUT2D eigenvalue weighted by Crippen LogP contribution is 2.07. The number of nitrogens with one attached hydrogen (secondary N) is 1. The van der Waals surface area contributed by atoms with Crippen LogP contribution in [0, 0.1) is 5.41 Å². The molecule has 1 aromatic heterocycles. The lowest BCUT2D eigenvalue weighted by Gasteiger charge is -2.08. The maximum Gasteiger partial charge on any atom is 0.324 e. The predicted octanol–water partition coefficient (Wildman–Crippen LogP) is 2.66. The Hall–Kier alpha value is -2.60. The van der Waals surface area contributed by atoms with Gasteiger partial charge in [-0.2, -0.15) is 0 Å². The van der Waals surface area contributed by atoms with E-state index in [0.29, 0.717) is 19.0 Å². The lowest BCUT2D eigenvalue weighted by Crippen LogP contribution is -2.30. The number of carbonyl (C=O) groups excluding carboxylic acids is 1. The van der Waals surface area contributed by atoms with Crippen molar-refractivity contribution in [1.29, 1.82) is 5.41 Å². The van der Waals surface area contributed by atoms with Crippen molar-refractivity contribution < 1.29 is 14.3 Å². The maximum atomic E-state index is 11.0. The van der Waals surface area contributed by atoms with Crippen molar-refractivity contribution in [3.63, 3.8) is 0 Å². The first-order chi connectivity index (χ1) is 11.7. The summed E-state index contributed by atoms with van der Waals surface area (Å²) in [6, 6.07) is 12.5. The Morgan fingerprint density at radius 2 is 1.83 bits per heavy atom. The van der Waals surface area contributed by atoms with Crippen LogP contribution in [0.25, 0.3) is 0 Å². The fraction of sp³-hybridized carbons (Fsp3) is 0.333. The van der Waals surface area contributed by atoms with E-state index in [2.05, 4.69) is 12.1 Å². The molecule has 0 aliphatic rings. The molecule has 0 atom stereocenters. The molecular formula is C18H23N3O3. The van der Waals surface area contributed by atoms with Crippen LogP contribution in [0.3, 0.4) is 0 Å². The zero-order chi connectivity index (χ0) is 17.2. The second-order valence-electron chi connectivity index (χ2n) is 5.40. The largest absolute Gasteiger partial charge is 0.493 e. The molecule has 24 heavy (non-hydrogen) atoms. The number of hydrogen-bond acceptors (Lipinski definition) is 4. The van der Waals surface area contributed by atoms with Gasteiger partial charge in [0.25, 0.3) is 0 Å². The Morgan fingerprint density at radius 1 is 1.08 bits per heavy atom. The van der Waals surface area contributed by atoms with Crippen LogP contribution in [0.2, 0.25) is 0 Å². The number of aromatic nitrogens is 1. The Balaban J connectivity index is 1.56. The normalized spacial score (nSPS) is 10.5. The molecule has 0 unspecified atom stereocenters. The summed E-state index contributed by atoms with van der Waals surface area (Å²) in [5, 5.41) is 7.67. The van der Waals surface area contributed by atoms with Crippen molar-refractivity contribution in [2.45, 2.75) is 25.9 Å². The molecule has 0 saturated heterocycles. The molecule has 1 heterocycles. The first-order valence-electron chi connectivity index (χ1n) is 7.98. The molecule has 0 radical (unpaired) electrons. The standard InChI is InChI=1S/C18H23N3O3/c19-17-13-16(9-10-21(17)18(20)22)24-12-6-2-5-11-23-14-15-7-3-1-4-8-15/h1,3-4,7-10,13,19H,2,5-6,11-12,14H2,(H2,20,22). The SMILES string of the molecule is N=c1cc(OCCCCCOCc2ccccc2)ccn1C(N)=O. The minimum absolute atomic E-state index is 0.00862. The van der Waals surface area contributed by atoms with E-state index in [9.17, 15) is 4.79 Å². The summed E-state index contributed by atoms with van der Waals surface area (Å²) < 4.78 is 12.2. The molecule has 0 saturated carbocycles. The van der Waals surface area contributed by atoms with E-state index >= 15 is 0 Å². The van der Waals surface area contributed by atoms with Gasteiger partial charge in [-0.25, -0.2) is 4.79 Å². The summed E-state index contributed by atoms with van der Waals surface area (Å²) in [7, 11) is 0. The number of nitrogens with zero attached hydrogens (tertiary/aromatic N) is 1. The molecule has 6 nitrogen and oxygen atoms in total. The molecule has 128 valence electrons. The first kappa shape index (κ1) is 17.7. The smallest absolute Gasteiger partial charge is 0.324 e. The molecule has 3 N–H and O–H groups in total. The van der Waals surface area contributed by atoms with E-state index in [1.165, 1.54) is 17.8 Å². The number of primary amides is 1. The topological polar surface area (TPSA) is 90.3 Å². The van der Waals surface area contributed by atoms with Crippen molar-refractivity contribution in [1.82, 2.24) is 4.57 Å². The molecule has 1 amide bonds. The van der Waals surface area contributed by atoms with Gasteiger partial charge in [0, 0.05) is 18.9 Å². The van der Waals surface area contributed by atoms with Crippen LogP contribution in [0.4, 0.5) is 4.79 Å². The number of unbranched alkanes of at least 4 members (excludes halogenated alkanes) is 2. The van der Waals surface area contributed by atoms with Crippen molar-refractivity contribution in [2.24, 2.45) is 5.73 Å². The van der Waals surface area contributed by atoms with Gasteiger partial charge in [-0.1, -0.05) is 30.3 Å². The summed E-state index contributed by atoms with van der Waals surface area (Å²) in [5.74, 6) is 0.567. The van der Waals surface area contributed by atoms with Gasteiger partial charge >= 0.3 is 6.03 Å². The van der Waals surface area contributed by atoms with E-state index in [4.69, 9.17) is 20.6 Å². The van der Waals surface area contributed by atoms with Crippen LogP contribution < -0.4 is 16.0 Å². The minimum Gasteiger partial charge on any atom is -0.493 e. The van der Waals surface area contributed by atoms with Crippen LogP contribution in [0.1, 0.15) is 24.8 Å². The number of carbonyl (C=O) groups is 1. The highest BCUT2D eigenvalue weighted by molar-refractivity contribution is 5.74. The summed E-state index contributed by atoms with van der Waals surface area (Å²) in [5.41, 5.74) is 6.33. The number of nitrogens with two attached hydrogens (primary N) is 1. The van der Waals surface area contributed by atoms with E-state index in [1.807, 2.05) is 18.2 Å². The number of benzene rings is 1. The molecule has 0 aliphatic heterocycles. The van der Waals surface area contributed by atoms with Gasteiger partial charge in [-0.3, -0.25) is 9.98 Å². The fourth-order valence-corrected chi connectivity index (χ4v) is 2.20. The Labute approximate surface area is 141 Å². The average molecular weight is 329 g/mol. The van der Waals surface area contributed by atoms with Gasteiger partial charge in [-0.05, 0) is 30.9 Å². The monoisotopic (exact) mass is 329 g/mol. The van der Waals surface area contributed by atoms with Gasteiger partial charge in [-0.15, -0.1) is 0 Å². The van der Waals surface area contributed by atoms with Crippen LogP contribution in [0.5, 0.6) is 5.75 Å². The molecule has 0 spiro atoms.